The molecule has 2 atom stereocenters. The number of nitrogens with zero attached hydrogens (tertiary/aromatic N) is 2. The highest BCUT2D eigenvalue weighted by Crippen LogP contribution is 2.27. The van der Waals surface area contributed by atoms with E-state index in [2.05, 4.69) is 37.2 Å². The fourth-order valence-electron chi connectivity index (χ4n) is 2.45. The van der Waals surface area contributed by atoms with Crippen molar-refractivity contribution in [2.45, 2.75) is 70.5 Å². The van der Waals surface area contributed by atoms with Crippen molar-refractivity contribution in [3.05, 3.63) is 0 Å². The summed E-state index contributed by atoms with van der Waals surface area (Å²) in [6, 6.07) is 3.65. The van der Waals surface area contributed by atoms with Crippen LogP contribution in [0.2, 0.25) is 0 Å². The molecular formula is C14H27N3. The third kappa shape index (κ3) is 3.97. The second-order valence-corrected chi connectivity index (χ2v) is 5.67. The van der Waals surface area contributed by atoms with Crippen molar-refractivity contribution >= 4 is 0 Å². The van der Waals surface area contributed by atoms with Gasteiger partial charge in [0.25, 0.3) is 0 Å². The zero-order valence-electron chi connectivity index (χ0n) is 11.8. The van der Waals surface area contributed by atoms with E-state index < -0.39 is 0 Å². The molecule has 98 valence electrons. The van der Waals surface area contributed by atoms with Crippen LogP contribution >= 0.6 is 0 Å². The van der Waals surface area contributed by atoms with Crippen molar-refractivity contribution in [3.63, 3.8) is 0 Å². The molecule has 1 rings (SSSR count). The van der Waals surface area contributed by atoms with E-state index in [-0.39, 0.29) is 5.54 Å². The Morgan fingerprint density at radius 2 is 2.18 bits per heavy atom. The smallest absolute Gasteiger partial charge is 0.105 e. The molecule has 1 N–H and O–H groups in total. The molecule has 1 saturated carbocycles. The predicted molar refractivity (Wildman–Crippen MR) is 71.8 cm³/mol. The average molecular weight is 237 g/mol. The normalized spacial score (nSPS) is 21.6. The maximum absolute atomic E-state index is 9.32. The van der Waals surface area contributed by atoms with Crippen LogP contribution in [0.15, 0.2) is 0 Å². The lowest BCUT2D eigenvalue weighted by atomic mass is 9.88. The Morgan fingerprint density at radius 1 is 1.53 bits per heavy atom. The zero-order chi connectivity index (χ0) is 12.9. The van der Waals surface area contributed by atoms with Crippen LogP contribution in [0, 0.1) is 11.3 Å². The van der Waals surface area contributed by atoms with E-state index in [1.54, 1.807) is 0 Å². The van der Waals surface area contributed by atoms with Crippen LogP contribution in [0.5, 0.6) is 0 Å². The number of rotatable bonds is 7. The second-order valence-electron chi connectivity index (χ2n) is 5.67. The van der Waals surface area contributed by atoms with Crippen LogP contribution in [0.3, 0.4) is 0 Å². The van der Waals surface area contributed by atoms with Gasteiger partial charge < -0.3 is 4.90 Å². The summed E-state index contributed by atoms with van der Waals surface area (Å²) in [5, 5.41) is 12.7. The maximum atomic E-state index is 9.32. The van der Waals surface area contributed by atoms with Crippen LogP contribution in [-0.4, -0.2) is 36.1 Å². The summed E-state index contributed by atoms with van der Waals surface area (Å²) in [6.45, 7) is 7.31. The van der Waals surface area contributed by atoms with Gasteiger partial charge in [-0.2, -0.15) is 5.26 Å². The molecule has 3 nitrogen and oxygen atoms in total. The highest BCUT2D eigenvalue weighted by Gasteiger charge is 2.31. The van der Waals surface area contributed by atoms with Crippen LogP contribution in [0.4, 0.5) is 0 Å². The number of hydrogen-bond acceptors (Lipinski definition) is 3. The summed E-state index contributed by atoms with van der Waals surface area (Å²) in [7, 11) is 2.20. The fourth-order valence-corrected chi connectivity index (χ4v) is 2.45. The highest BCUT2D eigenvalue weighted by atomic mass is 15.2. The Balaban J connectivity index is 2.46. The molecule has 0 aliphatic heterocycles. The second kappa shape index (κ2) is 6.37. The molecule has 0 bridgehead atoms. The molecular weight excluding hydrogens is 210 g/mol. The molecule has 0 spiro atoms. The lowest BCUT2D eigenvalue weighted by Gasteiger charge is -2.40. The van der Waals surface area contributed by atoms with E-state index in [9.17, 15) is 5.26 Å². The zero-order valence-corrected chi connectivity index (χ0v) is 11.8. The summed E-state index contributed by atoms with van der Waals surface area (Å²) in [6.07, 6.45) is 5.99. The van der Waals surface area contributed by atoms with Crippen LogP contribution in [0.1, 0.15) is 52.9 Å². The Hall–Kier alpha value is -0.590. The summed E-state index contributed by atoms with van der Waals surface area (Å²) < 4.78 is 0. The van der Waals surface area contributed by atoms with Crippen molar-refractivity contribution < 1.29 is 0 Å². The third-order valence-electron chi connectivity index (χ3n) is 4.06. The molecule has 0 radical (unpaired) electrons. The third-order valence-corrected chi connectivity index (χ3v) is 4.06. The summed E-state index contributed by atoms with van der Waals surface area (Å²) in [4.78, 5) is 2.45. The quantitative estimate of drug-likeness (QED) is 0.739. The monoisotopic (exact) mass is 237 g/mol. The molecule has 0 amide bonds. The number of hydrogen-bond donors (Lipinski definition) is 1. The Labute approximate surface area is 106 Å². The first-order valence-electron chi connectivity index (χ1n) is 6.90. The topological polar surface area (TPSA) is 39.1 Å². The minimum atomic E-state index is -0.382. The van der Waals surface area contributed by atoms with E-state index in [1.165, 1.54) is 19.3 Å². The standard InChI is InChI=1S/C14H27N3/c1-5-9-16-14(3,11-15)10-12(2)17(4)13-7-6-8-13/h12-13,16H,5-10H2,1-4H3. The summed E-state index contributed by atoms with van der Waals surface area (Å²) in [5.74, 6) is 0. The average Bonchev–Trinajstić information content (AvgIpc) is 2.24. The first-order valence-corrected chi connectivity index (χ1v) is 6.90. The van der Waals surface area contributed by atoms with Crippen LogP contribution in [0.25, 0.3) is 0 Å². The van der Waals surface area contributed by atoms with Gasteiger partial charge in [0.05, 0.1) is 6.07 Å². The van der Waals surface area contributed by atoms with Gasteiger partial charge in [0, 0.05) is 12.1 Å². The first-order chi connectivity index (χ1) is 8.02. The fraction of sp³-hybridized carbons (Fsp3) is 0.929. The van der Waals surface area contributed by atoms with E-state index in [0.717, 1.165) is 25.4 Å². The van der Waals surface area contributed by atoms with Crippen molar-refractivity contribution in [3.8, 4) is 6.07 Å². The van der Waals surface area contributed by atoms with Crippen molar-refractivity contribution in [2.24, 2.45) is 0 Å². The van der Waals surface area contributed by atoms with E-state index >= 15 is 0 Å². The molecule has 3 heteroatoms. The van der Waals surface area contributed by atoms with Crippen LogP contribution in [-0.2, 0) is 0 Å². The van der Waals surface area contributed by atoms with Crippen LogP contribution < -0.4 is 5.32 Å². The Bertz CT molecular complexity index is 267. The summed E-state index contributed by atoms with van der Waals surface area (Å²) in [5.41, 5.74) is -0.382. The lowest BCUT2D eigenvalue weighted by Crippen LogP contribution is -2.50. The minimum Gasteiger partial charge on any atom is -0.301 e. The Kier molecular flexibility index (Phi) is 5.42. The predicted octanol–water partition coefficient (Wildman–Crippen LogP) is 2.53. The minimum absolute atomic E-state index is 0.382. The maximum Gasteiger partial charge on any atom is 0.105 e. The first kappa shape index (κ1) is 14.5. The van der Waals surface area contributed by atoms with Gasteiger partial charge in [0.15, 0.2) is 0 Å². The van der Waals surface area contributed by atoms with E-state index in [0.29, 0.717) is 6.04 Å². The molecule has 0 aromatic carbocycles. The molecule has 1 fully saturated rings. The van der Waals surface area contributed by atoms with Gasteiger partial charge in [0.1, 0.15) is 5.54 Å². The van der Waals surface area contributed by atoms with Gasteiger partial charge in [-0.25, -0.2) is 0 Å². The van der Waals surface area contributed by atoms with Crippen molar-refractivity contribution in [1.29, 1.82) is 5.26 Å². The molecule has 0 saturated heterocycles. The lowest BCUT2D eigenvalue weighted by molar-refractivity contribution is 0.102. The molecule has 1 aliphatic rings. The molecule has 0 aromatic heterocycles. The molecule has 0 aromatic rings. The van der Waals surface area contributed by atoms with Gasteiger partial charge in [-0.1, -0.05) is 13.3 Å². The molecule has 2 unspecified atom stereocenters. The van der Waals surface area contributed by atoms with E-state index in [1.807, 2.05) is 6.92 Å². The number of nitriles is 1. The highest BCUT2D eigenvalue weighted by molar-refractivity contribution is 5.05. The number of nitrogens with one attached hydrogen (secondary N) is 1. The van der Waals surface area contributed by atoms with Crippen molar-refractivity contribution in [1.82, 2.24) is 10.2 Å². The van der Waals surface area contributed by atoms with Gasteiger partial charge in [-0.3, -0.25) is 5.32 Å². The Morgan fingerprint density at radius 3 is 2.59 bits per heavy atom. The van der Waals surface area contributed by atoms with Gasteiger partial charge in [-0.05, 0) is 53.1 Å². The molecule has 1 aliphatic carbocycles. The summed E-state index contributed by atoms with van der Waals surface area (Å²) >= 11 is 0. The van der Waals surface area contributed by atoms with Gasteiger partial charge >= 0.3 is 0 Å². The largest absolute Gasteiger partial charge is 0.301 e. The van der Waals surface area contributed by atoms with Gasteiger partial charge in [-0.15, -0.1) is 0 Å². The van der Waals surface area contributed by atoms with E-state index in [4.69, 9.17) is 0 Å². The van der Waals surface area contributed by atoms with Crippen molar-refractivity contribution in [2.75, 3.05) is 13.6 Å². The molecule has 17 heavy (non-hydrogen) atoms. The SMILES string of the molecule is CCCNC(C)(C#N)CC(C)N(C)C1CCC1. The molecule has 0 heterocycles. The van der Waals surface area contributed by atoms with Gasteiger partial charge in [0.2, 0.25) is 0 Å².